The Hall–Kier alpha value is -1.05. The van der Waals surface area contributed by atoms with Gasteiger partial charge in [-0.25, -0.2) is 0 Å². The Labute approximate surface area is 125 Å². The Morgan fingerprint density at radius 2 is 1.35 bits per heavy atom. The molecule has 0 rings (SSSR count). The molecular formula is C18H32O2. The molecule has 0 radical (unpaired) electrons. The van der Waals surface area contributed by atoms with Crippen molar-refractivity contribution in [3.8, 4) is 0 Å². The summed E-state index contributed by atoms with van der Waals surface area (Å²) in [6, 6.07) is 0. The van der Waals surface area contributed by atoms with Crippen molar-refractivity contribution >= 4 is 5.97 Å². The largest absolute Gasteiger partial charge is 0.466 e. The highest BCUT2D eigenvalue weighted by molar-refractivity contribution is 5.69. The van der Waals surface area contributed by atoms with Crippen LogP contribution in [0.1, 0.15) is 78.1 Å². The maximum absolute atomic E-state index is 11.4. The third kappa shape index (κ3) is 15.0. The Kier molecular flexibility index (Phi) is 15.2. The summed E-state index contributed by atoms with van der Waals surface area (Å²) in [6.07, 6.45) is 19.4. The molecule has 0 aliphatic heterocycles. The van der Waals surface area contributed by atoms with E-state index >= 15 is 0 Å². The van der Waals surface area contributed by atoms with Crippen molar-refractivity contribution in [1.29, 1.82) is 0 Å². The predicted octanol–water partition coefficient (Wildman–Crippen LogP) is 5.58. The number of carbonyl (C=O) groups is 1. The number of rotatable bonds is 13. The summed E-state index contributed by atoms with van der Waals surface area (Å²) in [6.45, 7) is 4.64. The lowest BCUT2D eigenvalue weighted by atomic mass is 10.1. The molecule has 0 N–H and O–H groups in total. The van der Waals surface area contributed by atoms with Gasteiger partial charge in [0.2, 0.25) is 0 Å². The lowest BCUT2D eigenvalue weighted by molar-refractivity contribution is -0.143. The molecule has 0 saturated heterocycles. The van der Waals surface area contributed by atoms with Gasteiger partial charge in [-0.05, 0) is 46.0 Å². The zero-order valence-corrected chi connectivity index (χ0v) is 13.4. The van der Waals surface area contributed by atoms with Crippen molar-refractivity contribution in [1.82, 2.24) is 0 Å². The van der Waals surface area contributed by atoms with E-state index in [1.165, 1.54) is 32.1 Å². The minimum absolute atomic E-state index is 0.0291. The second kappa shape index (κ2) is 16.0. The zero-order valence-electron chi connectivity index (χ0n) is 13.4. The summed E-state index contributed by atoms with van der Waals surface area (Å²) in [4.78, 5) is 11.4. The molecule has 0 heterocycles. The highest BCUT2D eigenvalue weighted by atomic mass is 16.5. The third-order valence-electron chi connectivity index (χ3n) is 3.25. The summed E-state index contributed by atoms with van der Waals surface area (Å²) >= 11 is 0. The number of hydrogen-bond acceptors (Lipinski definition) is 2. The van der Waals surface area contributed by atoms with Crippen molar-refractivity contribution in [3.05, 3.63) is 24.3 Å². The maximum atomic E-state index is 11.4. The van der Waals surface area contributed by atoms with Gasteiger partial charge in [-0.1, -0.05) is 50.0 Å². The number of unbranched alkanes of at least 4 members (excludes halogenated alkanes) is 7. The molecule has 0 spiro atoms. The van der Waals surface area contributed by atoms with Gasteiger partial charge < -0.3 is 4.74 Å². The molecule has 0 bridgehead atoms. The van der Waals surface area contributed by atoms with E-state index in [0.717, 1.165) is 25.7 Å². The summed E-state index contributed by atoms with van der Waals surface area (Å²) < 4.78 is 5.18. The molecule has 2 nitrogen and oxygen atoms in total. The molecule has 0 atom stereocenters. The predicted molar refractivity (Wildman–Crippen MR) is 86.8 cm³/mol. The van der Waals surface area contributed by atoms with E-state index in [2.05, 4.69) is 25.2 Å². The molecule has 2 heteroatoms. The van der Waals surface area contributed by atoms with E-state index in [1.807, 2.05) is 13.0 Å². The fraction of sp³-hybridized carbons (Fsp3) is 0.722. The van der Waals surface area contributed by atoms with Gasteiger partial charge in [0.25, 0.3) is 0 Å². The first kappa shape index (κ1) is 18.9. The number of allylic oxidation sites excluding steroid dienone is 4. The lowest BCUT2D eigenvalue weighted by Gasteiger charge is -2.04. The number of carbonyl (C=O) groups excluding carboxylic acids is 1. The molecule has 116 valence electrons. The first-order valence-electron chi connectivity index (χ1n) is 8.19. The van der Waals surface area contributed by atoms with Crippen LogP contribution in [0, 0.1) is 0 Å². The first-order valence-corrected chi connectivity index (χ1v) is 8.19. The van der Waals surface area contributed by atoms with E-state index in [-0.39, 0.29) is 5.97 Å². The summed E-state index contributed by atoms with van der Waals surface area (Å²) in [5.74, 6) is -0.0291. The second-order valence-electron chi connectivity index (χ2n) is 5.16. The zero-order chi connectivity index (χ0) is 14.9. The number of ether oxygens (including phenoxy) is 1. The van der Waals surface area contributed by atoms with Crippen molar-refractivity contribution < 1.29 is 9.53 Å². The molecule has 0 aliphatic carbocycles. The fourth-order valence-electron chi connectivity index (χ4n) is 2.03. The Balaban J connectivity index is 3.19. The van der Waals surface area contributed by atoms with Crippen molar-refractivity contribution in [2.45, 2.75) is 78.1 Å². The summed E-state index contributed by atoms with van der Waals surface area (Å²) in [5.41, 5.74) is 0. The molecule has 0 amide bonds. The Bertz CT molecular complexity index is 267. The van der Waals surface area contributed by atoms with Crippen LogP contribution >= 0.6 is 0 Å². The standard InChI is InChI=1S/C18H32O2/c1-3-5-7-9-10-11-12-13-14-16-18(19)20-17-15-8-6-4-2/h3-6H,7-17H2,1-2H3/b5-3+,6-4+. The van der Waals surface area contributed by atoms with Gasteiger partial charge in [-0.3, -0.25) is 4.79 Å². The molecule has 0 fully saturated rings. The highest BCUT2D eigenvalue weighted by Gasteiger charge is 2.01. The molecule has 0 aromatic carbocycles. The van der Waals surface area contributed by atoms with Crippen LogP contribution in [0.3, 0.4) is 0 Å². The van der Waals surface area contributed by atoms with E-state index in [1.54, 1.807) is 0 Å². The molecule has 0 aromatic rings. The third-order valence-corrected chi connectivity index (χ3v) is 3.25. The number of esters is 1. The summed E-state index contributed by atoms with van der Waals surface area (Å²) in [7, 11) is 0. The quantitative estimate of drug-likeness (QED) is 0.250. The van der Waals surface area contributed by atoms with E-state index in [0.29, 0.717) is 13.0 Å². The highest BCUT2D eigenvalue weighted by Crippen LogP contribution is 2.09. The molecular weight excluding hydrogens is 248 g/mol. The lowest BCUT2D eigenvalue weighted by Crippen LogP contribution is -2.05. The first-order chi connectivity index (χ1) is 9.81. The SMILES string of the molecule is C/C=C/CCCCCCCCC(=O)OCCC/C=C/C. The normalized spacial score (nSPS) is 11.5. The minimum Gasteiger partial charge on any atom is -0.466 e. The molecule has 0 aliphatic rings. The van der Waals surface area contributed by atoms with Gasteiger partial charge in [0.15, 0.2) is 0 Å². The van der Waals surface area contributed by atoms with E-state index in [9.17, 15) is 4.79 Å². The van der Waals surface area contributed by atoms with Crippen LogP contribution in [-0.2, 0) is 9.53 Å². The Morgan fingerprint density at radius 1 is 0.800 bits per heavy atom. The van der Waals surface area contributed by atoms with Gasteiger partial charge in [0.05, 0.1) is 6.61 Å². The van der Waals surface area contributed by atoms with Crippen LogP contribution < -0.4 is 0 Å². The average Bonchev–Trinajstić information content (AvgIpc) is 2.45. The van der Waals surface area contributed by atoms with Gasteiger partial charge in [0.1, 0.15) is 0 Å². The van der Waals surface area contributed by atoms with Crippen LogP contribution in [0.25, 0.3) is 0 Å². The van der Waals surface area contributed by atoms with Gasteiger partial charge in [-0.2, -0.15) is 0 Å². The molecule has 0 unspecified atom stereocenters. The van der Waals surface area contributed by atoms with Crippen LogP contribution in [0.4, 0.5) is 0 Å². The average molecular weight is 280 g/mol. The summed E-state index contributed by atoms with van der Waals surface area (Å²) in [5, 5.41) is 0. The number of hydrogen-bond donors (Lipinski definition) is 0. The minimum atomic E-state index is -0.0291. The van der Waals surface area contributed by atoms with Gasteiger partial charge in [-0.15, -0.1) is 0 Å². The van der Waals surface area contributed by atoms with Crippen LogP contribution in [-0.4, -0.2) is 12.6 Å². The van der Waals surface area contributed by atoms with E-state index < -0.39 is 0 Å². The van der Waals surface area contributed by atoms with Crippen LogP contribution in [0.5, 0.6) is 0 Å². The topological polar surface area (TPSA) is 26.3 Å². The Morgan fingerprint density at radius 3 is 2.00 bits per heavy atom. The second-order valence-corrected chi connectivity index (χ2v) is 5.16. The molecule has 0 aromatic heterocycles. The maximum Gasteiger partial charge on any atom is 0.305 e. The van der Waals surface area contributed by atoms with Crippen molar-refractivity contribution in [2.24, 2.45) is 0 Å². The van der Waals surface area contributed by atoms with Gasteiger partial charge in [0, 0.05) is 6.42 Å². The van der Waals surface area contributed by atoms with Gasteiger partial charge >= 0.3 is 5.97 Å². The molecule has 0 saturated carbocycles. The van der Waals surface area contributed by atoms with Crippen molar-refractivity contribution in [2.75, 3.05) is 6.61 Å². The molecule has 20 heavy (non-hydrogen) atoms. The van der Waals surface area contributed by atoms with Crippen molar-refractivity contribution in [3.63, 3.8) is 0 Å². The van der Waals surface area contributed by atoms with Crippen LogP contribution in [0.2, 0.25) is 0 Å². The van der Waals surface area contributed by atoms with Crippen LogP contribution in [0.15, 0.2) is 24.3 Å². The monoisotopic (exact) mass is 280 g/mol. The van der Waals surface area contributed by atoms with E-state index in [4.69, 9.17) is 4.74 Å². The smallest absolute Gasteiger partial charge is 0.305 e. The fourth-order valence-corrected chi connectivity index (χ4v) is 2.03.